The van der Waals surface area contributed by atoms with E-state index in [0.717, 1.165) is 31.4 Å². The number of anilines is 1. The molecular formula is C20H25N3O3S2. The Morgan fingerprint density at radius 3 is 2.61 bits per heavy atom. The molecule has 1 aliphatic heterocycles. The van der Waals surface area contributed by atoms with Crippen LogP contribution in [-0.2, 0) is 27.7 Å². The van der Waals surface area contributed by atoms with Gasteiger partial charge in [-0.05, 0) is 50.7 Å². The SMILES string of the molecule is O=C(Nc1nc2c(s1)CCCCCC2)C1CCCN1S(=O)(=O)c1ccccc1. The van der Waals surface area contributed by atoms with Gasteiger partial charge in [-0.1, -0.05) is 31.0 Å². The molecule has 2 aliphatic rings. The summed E-state index contributed by atoms with van der Waals surface area (Å²) in [6.45, 7) is 0.365. The zero-order valence-electron chi connectivity index (χ0n) is 15.8. The maximum Gasteiger partial charge on any atom is 0.244 e. The van der Waals surface area contributed by atoms with Gasteiger partial charge in [0.05, 0.1) is 10.6 Å². The molecule has 0 bridgehead atoms. The highest BCUT2D eigenvalue weighted by Crippen LogP contribution is 2.30. The summed E-state index contributed by atoms with van der Waals surface area (Å²) in [6, 6.07) is 7.64. The van der Waals surface area contributed by atoms with Crippen LogP contribution < -0.4 is 5.32 Å². The first-order valence-electron chi connectivity index (χ1n) is 9.92. The summed E-state index contributed by atoms with van der Waals surface area (Å²) in [5, 5.41) is 3.50. The first-order chi connectivity index (χ1) is 13.6. The molecule has 0 saturated carbocycles. The summed E-state index contributed by atoms with van der Waals surface area (Å²) >= 11 is 1.54. The van der Waals surface area contributed by atoms with Crippen molar-refractivity contribution in [2.75, 3.05) is 11.9 Å². The molecule has 1 N–H and O–H groups in total. The molecule has 4 rings (SSSR count). The van der Waals surface area contributed by atoms with Crippen LogP contribution in [0.25, 0.3) is 0 Å². The van der Waals surface area contributed by atoms with Crippen molar-refractivity contribution in [3.63, 3.8) is 0 Å². The normalized spacial score (nSPS) is 20.9. The summed E-state index contributed by atoms with van der Waals surface area (Å²) in [4.78, 5) is 19.0. The molecular weight excluding hydrogens is 394 g/mol. The third kappa shape index (κ3) is 3.99. The van der Waals surface area contributed by atoms with E-state index in [9.17, 15) is 13.2 Å². The third-order valence-electron chi connectivity index (χ3n) is 5.43. The molecule has 1 atom stereocenters. The van der Waals surface area contributed by atoms with Crippen molar-refractivity contribution >= 4 is 32.4 Å². The van der Waals surface area contributed by atoms with Gasteiger partial charge in [0.15, 0.2) is 5.13 Å². The fourth-order valence-corrected chi connectivity index (χ4v) is 6.70. The summed E-state index contributed by atoms with van der Waals surface area (Å²) in [5.41, 5.74) is 1.10. The van der Waals surface area contributed by atoms with Gasteiger partial charge in [0.1, 0.15) is 6.04 Å². The number of hydrogen-bond donors (Lipinski definition) is 1. The number of sulfonamides is 1. The lowest BCUT2D eigenvalue weighted by molar-refractivity contribution is -0.119. The number of hydrogen-bond acceptors (Lipinski definition) is 5. The molecule has 0 spiro atoms. The van der Waals surface area contributed by atoms with E-state index in [-0.39, 0.29) is 10.8 Å². The summed E-state index contributed by atoms with van der Waals surface area (Å²) in [5.74, 6) is -0.279. The number of fused-ring (bicyclic) bond motifs is 1. The van der Waals surface area contributed by atoms with Crippen LogP contribution >= 0.6 is 11.3 Å². The second-order valence-corrected chi connectivity index (χ2v) is 10.4. The van der Waals surface area contributed by atoms with E-state index in [0.29, 0.717) is 24.5 Å². The van der Waals surface area contributed by atoms with Gasteiger partial charge >= 0.3 is 0 Å². The van der Waals surface area contributed by atoms with E-state index in [1.165, 1.54) is 33.4 Å². The molecule has 8 heteroatoms. The minimum atomic E-state index is -3.68. The zero-order chi connectivity index (χ0) is 19.6. The number of aryl methyl sites for hydroxylation is 2. The largest absolute Gasteiger partial charge is 0.301 e. The Labute approximate surface area is 170 Å². The smallest absolute Gasteiger partial charge is 0.244 e. The molecule has 2 aromatic rings. The van der Waals surface area contributed by atoms with E-state index in [1.807, 2.05) is 0 Å². The van der Waals surface area contributed by atoms with Gasteiger partial charge in [0.2, 0.25) is 15.9 Å². The van der Waals surface area contributed by atoms with E-state index in [4.69, 9.17) is 0 Å². The van der Waals surface area contributed by atoms with Gasteiger partial charge in [0, 0.05) is 11.4 Å². The molecule has 1 amide bonds. The van der Waals surface area contributed by atoms with Gasteiger partial charge < -0.3 is 5.32 Å². The summed E-state index contributed by atoms with van der Waals surface area (Å²) in [7, 11) is -3.68. The molecule has 1 fully saturated rings. The van der Waals surface area contributed by atoms with Gasteiger partial charge in [-0.25, -0.2) is 13.4 Å². The number of rotatable bonds is 4. The fourth-order valence-electron chi connectivity index (χ4n) is 3.97. The Kier molecular flexibility index (Phi) is 5.80. The van der Waals surface area contributed by atoms with E-state index in [2.05, 4.69) is 10.3 Å². The predicted octanol–water partition coefficient (Wildman–Crippen LogP) is 3.59. The van der Waals surface area contributed by atoms with Crippen LogP contribution in [0.3, 0.4) is 0 Å². The molecule has 28 heavy (non-hydrogen) atoms. The van der Waals surface area contributed by atoms with Crippen LogP contribution in [0.1, 0.15) is 49.1 Å². The van der Waals surface area contributed by atoms with E-state index in [1.54, 1.807) is 30.3 Å². The monoisotopic (exact) mass is 419 g/mol. The van der Waals surface area contributed by atoms with Crippen molar-refractivity contribution in [3.8, 4) is 0 Å². The van der Waals surface area contributed by atoms with Crippen molar-refractivity contribution in [1.29, 1.82) is 0 Å². The Morgan fingerprint density at radius 1 is 1.07 bits per heavy atom. The summed E-state index contributed by atoms with van der Waals surface area (Å²) < 4.78 is 27.3. The number of carbonyl (C=O) groups is 1. The Hall–Kier alpha value is -1.77. The van der Waals surface area contributed by atoms with Gasteiger partial charge in [-0.15, -0.1) is 11.3 Å². The van der Waals surface area contributed by atoms with Crippen LogP contribution in [-0.4, -0.2) is 36.2 Å². The number of aromatic nitrogens is 1. The van der Waals surface area contributed by atoms with Crippen LogP contribution in [0.2, 0.25) is 0 Å². The Morgan fingerprint density at radius 2 is 1.82 bits per heavy atom. The van der Waals surface area contributed by atoms with Gasteiger partial charge in [-0.3, -0.25) is 4.79 Å². The van der Waals surface area contributed by atoms with E-state index >= 15 is 0 Å². The third-order valence-corrected chi connectivity index (χ3v) is 8.43. The number of nitrogens with one attached hydrogen (secondary N) is 1. The minimum absolute atomic E-state index is 0.229. The number of carbonyl (C=O) groups excluding carboxylic acids is 1. The Balaban J connectivity index is 1.51. The highest BCUT2D eigenvalue weighted by molar-refractivity contribution is 7.89. The lowest BCUT2D eigenvalue weighted by atomic mass is 10.0. The zero-order valence-corrected chi connectivity index (χ0v) is 17.4. The molecule has 1 saturated heterocycles. The maximum atomic E-state index is 13.0. The van der Waals surface area contributed by atoms with Crippen LogP contribution in [0.5, 0.6) is 0 Å². The van der Waals surface area contributed by atoms with Gasteiger partial charge in [0.25, 0.3) is 0 Å². The molecule has 150 valence electrons. The quantitative estimate of drug-likeness (QED) is 0.821. The first kappa shape index (κ1) is 19.5. The predicted molar refractivity (Wildman–Crippen MR) is 110 cm³/mol. The lowest BCUT2D eigenvalue weighted by Gasteiger charge is -2.23. The van der Waals surface area contributed by atoms with E-state index < -0.39 is 16.1 Å². The number of thiazole rings is 1. The molecule has 0 radical (unpaired) electrons. The number of benzene rings is 1. The molecule has 2 heterocycles. The van der Waals surface area contributed by atoms with Crippen molar-refractivity contribution in [2.24, 2.45) is 0 Å². The van der Waals surface area contributed by atoms with Crippen LogP contribution in [0.15, 0.2) is 35.2 Å². The number of nitrogens with zero attached hydrogens (tertiary/aromatic N) is 2. The topological polar surface area (TPSA) is 79.4 Å². The first-order valence-corrected chi connectivity index (χ1v) is 12.2. The van der Waals surface area contributed by atoms with Crippen molar-refractivity contribution in [3.05, 3.63) is 40.9 Å². The Bertz CT molecular complexity index is 915. The average Bonchev–Trinajstić information content (AvgIpc) is 3.30. The van der Waals surface area contributed by atoms with Crippen molar-refractivity contribution < 1.29 is 13.2 Å². The lowest BCUT2D eigenvalue weighted by Crippen LogP contribution is -2.43. The highest BCUT2D eigenvalue weighted by Gasteiger charge is 2.39. The molecule has 1 unspecified atom stereocenters. The standard InChI is InChI=1S/C20H25N3O3S2/c24-19(22-20-21-16-11-6-1-2-7-13-18(16)27-20)17-12-8-14-23(17)28(25,26)15-9-4-3-5-10-15/h3-5,9-10,17H,1-2,6-8,11-14H2,(H,21,22,24). The fraction of sp³-hybridized carbons (Fsp3) is 0.500. The minimum Gasteiger partial charge on any atom is -0.301 e. The average molecular weight is 420 g/mol. The van der Waals surface area contributed by atoms with Crippen LogP contribution in [0, 0.1) is 0 Å². The van der Waals surface area contributed by atoms with Crippen LogP contribution in [0.4, 0.5) is 5.13 Å². The summed E-state index contributed by atoms with van der Waals surface area (Å²) in [6.07, 6.45) is 7.95. The molecule has 1 aromatic heterocycles. The molecule has 1 aromatic carbocycles. The number of amides is 1. The van der Waals surface area contributed by atoms with Crippen molar-refractivity contribution in [1.82, 2.24) is 9.29 Å². The highest BCUT2D eigenvalue weighted by atomic mass is 32.2. The second-order valence-electron chi connectivity index (χ2n) is 7.38. The molecule has 6 nitrogen and oxygen atoms in total. The van der Waals surface area contributed by atoms with Gasteiger partial charge in [-0.2, -0.15) is 4.31 Å². The second kappa shape index (κ2) is 8.31. The molecule has 1 aliphatic carbocycles. The maximum absolute atomic E-state index is 13.0. The van der Waals surface area contributed by atoms with Crippen molar-refractivity contribution in [2.45, 2.75) is 62.3 Å².